The van der Waals surface area contributed by atoms with Crippen LogP contribution in [0.5, 0.6) is 0 Å². The smallest absolute Gasteiger partial charge is 0.225 e. The first-order valence-corrected chi connectivity index (χ1v) is 8.22. The lowest BCUT2D eigenvalue weighted by atomic mass is 10.1. The van der Waals surface area contributed by atoms with Gasteiger partial charge < -0.3 is 4.90 Å². The van der Waals surface area contributed by atoms with E-state index in [0.717, 1.165) is 40.9 Å². The molecule has 4 heterocycles. The number of rotatable bonds is 3. The molecule has 4 rings (SSSR count). The fraction of sp³-hybridized carbons (Fsp3) is 0.250. The van der Waals surface area contributed by atoms with E-state index >= 15 is 0 Å². The van der Waals surface area contributed by atoms with Crippen LogP contribution in [-0.4, -0.2) is 33.0 Å². The van der Waals surface area contributed by atoms with Crippen LogP contribution in [-0.2, 0) is 0 Å². The zero-order valence-corrected chi connectivity index (χ0v) is 12.8. The van der Waals surface area contributed by atoms with E-state index in [1.54, 1.807) is 29.9 Å². The summed E-state index contributed by atoms with van der Waals surface area (Å²) in [6, 6.07) is 4.12. The number of hydrogen-bond donors (Lipinski definition) is 0. The fourth-order valence-electron chi connectivity index (χ4n) is 2.67. The summed E-state index contributed by atoms with van der Waals surface area (Å²) in [5.74, 6) is 0.813. The quantitative estimate of drug-likeness (QED) is 0.743. The predicted octanol–water partition coefficient (Wildman–Crippen LogP) is 3.26. The summed E-state index contributed by atoms with van der Waals surface area (Å²) in [6.45, 7) is 2.07. The van der Waals surface area contributed by atoms with Crippen molar-refractivity contribution in [2.75, 3.05) is 18.0 Å². The molecule has 110 valence electrons. The summed E-state index contributed by atoms with van der Waals surface area (Å²) in [6.07, 6.45) is 9.42. The molecule has 3 aromatic heterocycles. The van der Waals surface area contributed by atoms with Gasteiger partial charge in [0.2, 0.25) is 5.95 Å². The molecule has 1 aliphatic heterocycles. The number of anilines is 1. The normalized spacial score (nSPS) is 14.5. The van der Waals surface area contributed by atoms with Crippen LogP contribution in [0.2, 0.25) is 0 Å². The summed E-state index contributed by atoms with van der Waals surface area (Å²) in [7, 11) is 0. The third-order valence-corrected chi connectivity index (χ3v) is 4.64. The van der Waals surface area contributed by atoms with E-state index in [1.807, 2.05) is 12.3 Å². The Bertz CT molecular complexity index is 751. The van der Waals surface area contributed by atoms with Gasteiger partial charge in [-0.15, -0.1) is 11.3 Å². The van der Waals surface area contributed by atoms with Crippen molar-refractivity contribution in [3.63, 3.8) is 0 Å². The van der Waals surface area contributed by atoms with Crippen molar-refractivity contribution in [2.24, 2.45) is 0 Å². The molecule has 0 amide bonds. The van der Waals surface area contributed by atoms with Crippen LogP contribution in [0, 0.1) is 0 Å². The number of hydrogen-bond acceptors (Lipinski definition) is 6. The Morgan fingerprint density at radius 3 is 2.68 bits per heavy atom. The van der Waals surface area contributed by atoms with Crippen molar-refractivity contribution >= 4 is 17.3 Å². The van der Waals surface area contributed by atoms with Crippen molar-refractivity contribution in [1.29, 1.82) is 0 Å². The molecule has 1 aliphatic rings. The van der Waals surface area contributed by atoms with Gasteiger partial charge in [0.1, 0.15) is 0 Å². The molecule has 22 heavy (non-hydrogen) atoms. The largest absolute Gasteiger partial charge is 0.341 e. The van der Waals surface area contributed by atoms with E-state index in [0.29, 0.717) is 0 Å². The van der Waals surface area contributed by atoms with Gasteiger partial charge in [0, 0.05) is 37.2 Å². The SMILES string of the molecule is c1csc(-c2nc(N3CCCC3)ncc2-c2cnccn2)c1. The third-order valence-electron chi connectivity index (χ3n) is 3.76. The highest BCUT2D eigenvalue weighted by molar-refractivity contribution is 7.13. The lowest BCUT2D eigenvalue weighted by Gasteiger charge is -2.16. The second-order valence-corrected chi connectivity index (χ2v) is 6.14. The van der Waals surface area contributed by atoms with Crippen molar-refractivity contribution < 1.29 is 0 Å². The van der Waals surface area contributed by atoms with Gasteiger partial charge in [-0.3, -0.25) is 9.97 Å². The van der Waals surface area contributed by atoms with Gasteiger partial charge >= 0.3 is 0 Å². The van der Waals surface area contributed by atoms with Crippen LogP contribution < -0.4 is 4.90 Å². The molecular formula is C16H15N5S. The lowest BCUT2D eigenvalue weighted by molar-refractivity contribution is 0.900. The van der Waals surface area contributed by atoms with Crippen LogP contribution in [0.4, 0.5) is 5.95 Å². The molecule has 3 aromatic rings. The predicted molar refractivity (Wildman–Crippen MR) is 87.8 cm³/mol. The van der Waals surface area contributed by atoms with Gasteiger partial charge in [-0.05, 0) is 24.3 Å². The topological polar surface area (TPSA) is 54.8 Å². The minimum Gasteiger partial charge on any atom is -0.341 e. The molecule has 0 saturated carbocycles. The number of nitrogens with zero attached hydrogens (tertiary/aromatic N) is 5. The third kappa shape index (κ3) is 2.46. The first-order valence-electron chi connectivity index (χ1n) is 7.34. The Kier molecular flexibility index (Phi) is 3.52. The standard InChI is InChI=1S/C16H15N5S/c1-2-8-21(7-1)16-19-10-12(13-11-17-5-6-18-13)15(20-16)14-4-3-9-22-14/h3-6,9-11H,1-2,7-8H2. The van der Waals surface area contributed by atoms with Gasteiger partial charge in [0.05, 0.1) is 22.5 Å². The zero-order valence-electron chi connectivity index (χ0n) is 12.0. The average molecular weight is 309 g/mol. The zero-order chi connectivity index (χ0) is 14.8. The maximum absolute atomic E-state index is 4.83. The minimum absolute atomic E-state index is 0.805. The summed E-state index contributed by atoms with van der Waals surface area (Å²) in [5.41, 5.74) is 2.67. The highest BCUT2D eigenvalue weighted by Crippen LogP contribution is 2.33. The molecule has 1 fully saturated rings. The van der Waals surface area contributed by atoms with E-state index in [9.17, 15) is 0 Å². The monoisotopic (exact) mass is 309 g/mol. The van der Waals surface area contributed by atoms with Crippen LogP contribution in [0.1, 0.15) is 12.8 Å². The molecule has 0 N–H and O–H groups in total. The van der Waals surface area contributed by atoms with E-state index in [-0.39, 0.29) is 0 Å². The van der Waals surface area contributed by atoms with Crippen molar-refractivity contribution in [3.8, 4) is 21.8 Å². The molecule has 0 radical (unpaired) electrons. The van der Waals surface area contributed by atoms with Crippen LogP contribution in [0.3, 0.4) is 0 Å². The Morgan fingerprint density at radius 1 is 1.05 bits per heavy atom. The van der Waals surface area contributed by atoms with E-state index in [4.69, 9.17) is 4.98 Å². The first kappa shape index (κ1) is 13.3. The van der Waals surface area contributed by atoms with Crippen molar-refractivity contribution in [3.05, 3.63) is 42.3 Å². The molecule has 6 heteroatoms. The van der Waals surface area contributed by atoms with Crippen LogP contribution in [0.25, 0.3) is 21.8 Å². The van der Waals surface area contributed by atoms with Crippen LogP contribution in [0.15, 0.2) is 42.3 Å². The summed E-state index contributed by atoms with van der Waals surface area (Å²) in [4.78, 5) is 21.3. The molecule has 0 unspecified atom stereocenters. The Morgan fingerprint density at radius 2 is 1.95 bits per heavy atom. The summed E-state index contributed by atoms with van der Waals surface area (Å²) >= 11 is 1.68. The minimum atomic E-state index is 0.805. The highest BCUT2D eigenvalue weighted by atomic mass is 32.1. The fourth-order valence-corrected chi connectivity index (χ4v) is 3.40. The van der Waals surface area contributed by atoms with Gasteiger partial charge in [0.25, 0.3) is 0 Å². The number of thiophene rings is 1. The first-order chi connectivity index (χ1) is 10.9. The second kappa shape index (κ2) is 5.81. The van der Waals surface area contributed by atoms with E-state index in [1.165, 1.54) is 12.8 Å². The summed E-state index contributed by atoms with van der Waals surface area (Å²) < 4.78 is 0. The highest BCUT2D eigenvalue weighted by Gasteiger charge is 2.19. The summed E-state index contributed by atoms with van der Waals surface area (Å²) in [5, 5.41) is 2.06. The molecule has 1 saturated heterocycles. The Balaban J connectivity index is 1.84. The molecule has 5 nitrogen and oxygen atoms in total. The molecule has 0 bridgehead atoms. The van der Waals surface area contributed by atoms with Crippen molar-refractivity contribution in [1.82, 2.24) is 19.9 Å². The van der Waals surface area contributed by atoms with Gasteiger partial charge in [-0.1, -0.05) is 6.07 Å². The molecular weight excluding hydrogens is 294 g/mol. The second-order valence-electron chi connectivity index (χ2n) is 5.19. The maximum Gasteiger partial charge on any atom is 0.225 e. The Hall–Kier alpha value is -2.34. The lowest BCUT2D eigenvalue weighted by Crippen LogP contribution is -2.20. The molecule has 0 spiro atoms. The number of aromatic nitrogens is 4. The van der Waals surface area contributed by atoms with Gasteiger partial charge in [-0.2, -0.15) is 0 Å². The molecule has 0 aromatic carbocycles. The molecule has 0 atom stereocenters. The van der Waals surface area contributed by atoms with Gasteiger partial charge in [0.15, 0.2) is 0 Å². The average Bonchev–Trinajstić information content (AvgIpc) is 3.29. The van der Waals surface area contributed by atoms with E-state index < -0.39 is 0 Å². The molecule has 0 aliphatic carbocycles. The van der Waals surface area contributed by atoms with Crippen LogP contribution >= 0.6 is 11.3 Å². The van der Waals surface area contributed by atoms with Crippen molar-refractivity contribution in [2.45, 2.75) is 12.8 Å². The van der Waals surface area contributed by atoms with E-state index in [2.05, 4.69) is 31.3 Å². The Labute approximate surface area is 132 Å². The van der Waals surface area contributed by atoms with Gasteiger partial charge in [-0.25, -0.2) is 9.97 Å². The maximum atomic E-state index is 4.83.